The quantitative estimate of drug-likeness (QED) is 0.772. The second-order valence-electron chi connectivity index (χ2n) is 4.01. The maximum absolute atomic E-state index is 11.9. The molecule has 0 unspecified atom stereocenters. The first kappa shape index (κ1) is 12.1. The third-order valence-corrected chi connectivity index (χ3v) is 2.62. The summed E-state index contributed by atoms with van der Waals surface area (Å²) in [5, 5.41) is 4.04. The van der Waals surface area contributed by atoms with Crippen LogP contribution in [0.3, 0.4) is 0 Å². The standard InChI is InChI=1S/C14H15N3O/c1-16-11-12(10-15-16)8-9-14(18)17(2)13-6-4-3-5-7-13/h3-11H,1-2H3. The molecule has 2 rings (SSSR count). The normalized spacial score (nSPS) is 10.8. The van der Waals surface area contributed by atoms with Crippen molar-refractivity contribution in [2.45, 2.75) is 0 Å². The Morgan fingerprint density at radius 2 is 2.06 bits per heavy atom. The van der Waals surface area contributed by atoms with E-state index in [4.69, 9.17) is 0 Å². The van der Waals surface area contributed by atoms with Crippen molar-refractivity contribution in [2.24, 2.45) is 7.05 Å². The summed E-state index contributed by atoms with van der Waals surface area (Å²) in [6.45, 7) is 0. The molecule has 1 aromatic heterocycles. The van der Waals surface area contributed by atoms with E-state index in [9.17, 15) is 4.79 Å². The fourth-order valence-electron chi connectivity index (χ4n) is 1.58. The van der Waals surface area contributed by atoms with Crippen LogP contribution in [-0.4, -0.2) is 22.7 Å². The first-order chi connectivity index (χ1) is 8.66. The van der Waals surface area contributed by atoms with Gasteiger partial charge in [-0.3, -0.25) is 9.48 Å². The second kappa shape index (κ2) is 5.31. The fraction of sp³-hybridized carbons (Fsp3) is 0.143. The first-order valence-electron chi connectivity index (χ1n) is 5.66. The minimum atomic E-state index is -0.0648. The Labute approximate surface area is 106 Å². The predicted octanol–water partition coefficient (Wildman–Crippen LogP) is 2.10. The van der Waals surface area contributed by atoms with Crippen molar-refractivity contribution >= 4 is 17.7 Å². The van der Waals surface area contributed by atoms with Crippen LogP contribution in [0.1, 0.15) is 5.56 Å². The van der Waals surface area contributed by atoms with E-state index < -0.39 is 0 Å². The van der Waals surface area contributed by atoms with E-state index in [1.165, 1.54) is 0 Å². The molecular formula is C14H15N3O. The molecule has 1 heterocycles. The van der Waals surface area contributed by atoms with Crippen LogP contribution < -0.4 is 4.90 Å². The number of aryl methyl sites for hydroxylation is 1. The molecule has 2 aromatic rings. The topological polar surface area (TPSA) is 38.1 Å². The highest BCUT2D eigenvalue weighted by Gasteiger charge is 2.06. The van der Waals surface area contributed by atoms with Gasteiger partial charge < -0.3 is 4.90 Å². The van der Waals surface area contributed by atoms with Gasteiger partial charge in [0.15, 0.2) is 0 Å². The molecule has 0 aliphatic rings. The van der Waals surface area contributed by atoms with E-state index >= 15 is 0 Å². The van der Waals surface area contributed by atoms with Crippen LogP contribution in [0.25, 0.3) is 6.08 Å². The van der Waals surface area contributed by atoms with Gasteiger partial charge in [-0.1, -0.05) is 18.2 Å². The van der Waals surface area contributed by atoms with Crippen molar-refractivity contribution in [1.82, 2.24) is 9.78 Å². The lowest BCUT2D eigenvalue weighted by atomic mass is 10.2. The zero-order valence-corrected chi connectivity index (χ0v) is 10.4. The molecule has 0 aliphatic carbocycles. The van der Waals surface area contributed by atoms with E-state index in [1.54, 1.807) is 35.0 Å². The summed E-state index contributed by atoms with van der Waals surface area (Å²) in [7, 11) is 3.60. The Bertz CT molecular complexity index is 557. The lowest BCUT2D eigenvalue weighted by molar-refractivity contribution is -0.113. The lowest BCUT2D eigenvalue weighted by Crippen LogP contribution is -2.23. The molecule has 1 amide bonds. The summed E-state index contributed by atoms with van der Waals surface area (Å²) in [5.74, 6) is -0.0648. The zero-order valence-electron chi connectivity index (χ0n) is 10.4. The molecule has 18 heavy (non-hydrogen) atoms. The molecule has 0 saturated heterocycles. The minimum absolute atomic E-state index is 0.0648. The van der Waals surface area contributed by atoms with Gasteiger partial charge in [-0.2, -0.15) is 5.10 Å². The van der Waals surface area contributed by atoms with Crippen molar-refractivity contribution in [3.63, 3.8) is 0 Å². The van der Waals surface area contributed by atoms with Crippen molar-refractivity contribution in [1.29, 1.82) is 0 Å². The summed E-state index contributed by atoms with van der Waals surface area (Å²) < 4.78 is 1.70. The number of rotatable bonds is 3. The SMILES string of the molecule is CN(C(=O)C=Cc1cnn(C)c1)c1ccccc1. The molecular weight excluding hydrogens is 226 g/mol. The third-order valence-electron chi connectivity index (χ3n) is 2.62. The van der Waals surface area contributed by atoms with Gasteiger partial charge in [0.2, 0.25) is 0 Å². The Morgan fingerprint density at radius 1 is 1.33 bits per heavy atom. The van der Waals surface area contributed by atoms with E-state index in [1.807, 2.05) is 43.6 Å². The van der Waals surface area contributed by atoms with Crippen molar-refractivity contribution < 1.29 is 4.79 Å². The molecule has 4 heteroatoms. The fourth-order valence-corrected chi connectivity index (χ4v) is 1.58. The van der Waals surface area contributed by atoms with Gasteiger partial charge in [-0.25, -0.2) is 0 Å². The van der Waals surface area contributed by atoms with Crippen LogP contribution in [0.4, 0.5) is 5.69 Å². The van der Waals surface area contributed by atoms with Crippen LogP contribution >= 0.6 is 0 Å². The zero-order chi connectivity index (χ0) is 13.0. The molecule has 0 radical (unpaired) electrons. The van der Waals surface area contributed by atoms with E-state index in [0.29, 0.717) is 0 Å². The highest BCUT2D eigenvalue weighted by atomic mass is 16.2. The number of aromatic nitrogens is 2. The van der Waals surface area contributed by atoms with Crippen LogP contribution in [0.15, 0.2) is 48.8 Å². The number of nitrogens with zero attached hydrogens (tertiary/aromatic N) is 3. The number of likely N-dealkylation sites (N-methyl/N-ethyl adjacent to an activating group) is 1. The van der Waals surface area contributed by atoms with Gasteiger partial charge in [-0.05, 0) is 18.2 Å². The number of anilines is 1. The molecule has 0 aliphatic heterocycles. The van der Waals surface area contributed by atoms with Gasteiger partial charge in [0.25, 0.3) is 5.91 Å². The van der Waals surface area contributed by atoms with Crippen molar-refractivity contribution in [3.8, 4) is 0 Å². The number of hydrogen-bond acceptors (Lipinski definition) is 2. The Hall–Kier alpha value is -2.36. The Morgan fingerprint density at radius 3 is 2.67 bits per heavy atom. The average molecular weight is 241 g/mol. The average Bonchev–Trinajstić information content (AvgIpc) is 2.82. The van der Waals surface area contributed by atoms with E-state index in [2.05, 4.69) is 5.10 Å². The van der Waals surface area contributed by atoms with Crippen LogP contribution in [0.2, 0.25) is 0 Å². The van der Waals surface area contributed by atoms with Crippen molar-refractivity contribution in [2.75, 3.05) is 11.9 Å². The summed E-state index contributed by atoms with van der Waals surface area (Å²) in [5.41, 5.74) is 1.78. The lowest BCUT2D eigenvalue weighted by Gasteiger charge is -2.14. The summed E-state index contributed by atoms with van der Waals surface area (Å²) >= 11 is 0. The Kier molecular flexibility index (Phi) is 3.57. The second-order valence-corrected chi connectivity index (χ2v) is 4.01. The maximum Gasteiger partial charge on any atom is 0.250 e. The number of carbonyl (C=O) groups excluding carboxylic acids is 1. The predicted molar refractivity (Wildman–Crippen MR) is 72.1 cm³/mol. The number of hydrogen-bond donors (Lipinski definition) is 0. The Balaban J connectivity index is 2.06. The van der Waals surface area contributed by atoms with Gasteiger partial charge in [0.1, 0.15) is 0 Å². The van der Waals surface area contributed by atoms with E-state index in [-0.39, 0.29) is 5.91 Å². The molecule has 0 atom stereocenters. The molecule has 4 nitrogen and oxygen atoms in total. The summed E-state index contributed by atoms with van der Waals surface area (Å²) in [4.78, 5) is 13.5. The molecule has 0 N–H and O–H groups in total. The number of carbonyl (C=O) groups is 1. The summed E-state index contributed by atoms with van der Waals surface area (Å²) in [6, 6.07) is 9.53. The first-order valence-corrected chi connectivity index (χ1v) is 5.66. The highest BCUT2D eigenvalue weighted by molar-refractivity contribution is 6.03. The number of amides is 1. The molecule has 92 valence electrons. The largest absolute Gasteiger partial charge is 0.312 e. The number of para-hydroxylation sites is 1. The van der Waals surface area contributed by atoms with Gasteiger partial charge in [-0.15, -0.1) is 0 Å². The molecule has 0 fully saturated rings. The minimum Gasteiger partial charge on any atom is -0.312 e. The third kappa shape index (κ3) is 2.85. The van der Waals surface area contributed by atoms with Crippen molar-refractivity contribution in [3.05, 3.63) is 54.4 Å². The highest BCUT2D eigenvalue weighted by Crippen LogP contribution is 2.11. The van der Waals surface area contributed by atoms with Crippen LogP contribution in [0, 0.1) is 0 Å². The molecule has 0 bridgehead atoms. The van der Waals surface area contributed by atoms with Gasteiger partial charge in [0.05, 0.1) is 6.20 Å². The monoisotopic (exact) mass is 241 g/mol. The van der Waals surface area contributed by atoms with E-state index in [0.717, 1.165) is 11.3 Å². The van der Waals surface area contributed by atoms with Crippen LogP contribution in [-0.2, 0) is 11.8 Å². The maximum atomic E-state index is 11.9. The van der Waals surface area contributed by atoms with Crippen LogP contribution in [0.5, 0.6) is 0 Å². The molecule has 1 aromatic carbocycles. The molecule has 0 saturated carbocycles. The smallest absolute Gasteiger partial charge is 0.250 e. The molecule has 0 spiro atoms. The van der Waals surface area contributed by atoms with Gasteiger partial charge in [0, 0.05) is 37.6 Å². The number of benzene rings is 1. The summed E-state index contributed by atoms with van der Waals surface area (Å²) in [6.07, 6.45) is 6.87. The van der Waals surface area contributed by atoms with Gasteiger partial charge >= 0.3 is 0 Å².